The van der Waals surface area contributed by atoms with E-state index in [1.807, 2.05) is 11.3 Å². The molecule has 1 aliphatic heterocycles. The van der Waals surface area contributed by atoms with E-state index in [9.17, 15) is 0 Å². The van der Waals surface area contributed by atoms with Gasteiger partial charge in [0, 0.05) is 47.5 Å². The van der Waals surface area contributed by atoms with Crippen LogP contribution in [0.2, 0.25) is 0 Å². The van der Waals surface area contributed by atoms with Gasteiger partial charge in [-0.05, 0) is 110 Å². The summed E-state index contributed by atoms with van der Waals surface area (Å²) in [5.41, 5.74) is 13.2. The first kappa shape index (κ1) is 36.1. The molecule has 1 N–H and O–H groups in total. The molecule has 1 atom stereocenters. The molecule has 1 aliphatic carbocycles. The van der Waals surface area contributed by atoms with E-state index in [1.165, 1.54) is 69.4 Å². The van der Waals surface area contributed by atoms with Crippen molar-refractivity contribution in [2.75, 3.05) is 0 Å². The van der Waals surface area contributed by atoms with Gasteiger partial charge < -0.3 is 14.3 Å². The molecule has 0 spiro atoms. The molecule has 6 heteroatoms. The molecule has 0 bridgehead atoms. The van der Waals surface area contributed by atoms with E-state index in [-0.39, 0.29) is 6.17 Å². The molecular weight excluding hydrogens is 825 g/mol. The number of furan rings is 1. The third-order valence-electron chi connectivity index (χ3n) is 14.0. The Bertz CT molecular complexity index is 4320. The van der Waals surface area contributed by atoms with Gasteiger partial charge in [-0.15, -0.1) is 11.3 Å². The number of fused-ring (bicyclic) bond motifs is 14. The third-order valence-corrected chi connectivity index (χ3v) is 15.1. The van der Waals surface area contributed by atoms with Gasteiger partial charge in [-0.2, -0.15) is 0 Å². The lowest BCUT2D eigenvalue weighted by molar-refractivity contribution is 0.666. The molecular formula is C60H36N4OS. The summed E-state index contributed by atoms with van der Waals surface area (Å²) >= 11 is 1.81. The number of rotatable bonds is 4. The van der Waals surface area contributed by atoms with E-state index < -0.39 is 0 Å². The fourth-order valence-electron chi connectivity index (χ4n) is 10.9. The fraction of sp³-hybridized carbons (Fsp3) is 0.0333. The van der Waals surface area contributed by atoms with Crippen molar-refractivity contribution in [3.63, 3.8) is 0 Å². The minimum Gasteiger partial charge on any atom is -0.456 e. The van der Waals surface area contributed by atoms with Crippen molar-refractivity contribution >= 4 is 108 Å². The van der Waals surface area contributed by atoms with Gasteiger partial charge in [0.15, 0.2) is 5.84 Å². The molecule has 0 saturated carbocycles. The monoisotopic (exact) mass is 860 g/mol. The molecule has 0 fully saturated rings. The summed E-state index contributed by atoms with van der Waals surface area (Å²) in [4.78, 5) is 10.9. The second-order valence-electron chi connectivity index (χ2n) is 17.8. The van der Waals surface area contributed by atoms with Gasteiger partial charge in [-0.25, -0.2) is 9.98 Å². The predicted octanol–water partition coefficient (Wildman–Crippen LogP) is 15.4. The predicted molar refractivity (Wildman–Crippen MR) is 276 cm³/mol. The lowest BCUT2D eigenvalue weighted by atomic mass is 10.0. The maximum absolute atomic E-state index is 6.98. The number of hydrogen-bond acceptors (Lipinski definition) is 5. The van der Waals surface area contributed by atoms with Gasteiger partial charge in [0.1, 0.15) is 23.2 Å². The number of nitrogens with zero attached hydrogens (tertiary/aromatic N) is 3. The van der Waals surface area contributed by atoms with Crippen molar-refractivity contribution in [3.8, 4) is 16.8 Å². The number of hydrogen-bond donors (Lipinski definition) is 1. The number of nitrogens with one attached hydrogen (secondary N) is 1. The molecule has 15 rings (SSSR count). The molecule has 66 heavy (non-hydrogen) atoms. The van der Waals surface area contributed by atoms with Crippen molar-refractivity contribution in [3.05, 3.63) is 222 Å². The zero-order valence-electron chi connectivity index (χ0n) is 35.4. The van der Waals surface area contributed by atoms with Gasteiger partial charge in [0.2, 0.25) is 0 Å². The van der Waals surface area contributed by atoms with Crippen LogP contribution in [-0.4, -0.2) is 16.2 Å². The zero-order valence-corrected chi connectivity index (χ0v) is 36.2. The van der Waals surface area contributed by atoms with Crippen LogP contribution >= 0.6 is 11.3 Å². The molecule has 1 unspecified atom stereocenters. The smallest absolute Gasteiger partial charge is 0.159 e. The second-order valence-corrected chi connectivity index (χ2v) is 18.8. The number of para-hydroxylation sites is 1. The van der Waals surface area contributed by atoms with Gasteiger partial charge in [0.05, 0.1) is 22.1 Å². The Labute approximate surface area is 382 Å². The second kappa shape index (κ2) is 13.6. The first-order chi connectivity index (χ1) is 32.6. The minimum absolute atomic E-state index is 0.390. The standard InChI is InChI=1S/C60H36N4OS/c1-3-13-36-29-51-48(27-34(36)11-1)45-17-7-9-19-50(45)64(51)52-30-42(32-54-57(52)49-28-35-12-2-4-14-37(35)31-53(49)65-54)60-62-58(39-21-23-44-41(26-39)25-38-15-5-6-16-43(38)44)61-59(63-60)40-22-24-47-46-18-8-10-20-55(46)66-56(47)33-40/h1-24,26-33,58H,25H2,(H,61,62,63). The molecule has 0 saturated heterocycles. The van der Waals surface area contributed by atoms with Crippen LogP contribution in [0.25, 0.3) is 102 Å². The summed E-state index contributed by atoms with van der Waals surface area (Å²) in [6, 6.07) is 70.5. The van der Waals surface area contributed by atoms with E-state index in [2.05, 4.69) is 204 Å². The lowest BCUT2D eigenvalue weighted by Gasteiger charge is -2.24. The molecule has 0 amide bonds. The van der Waals surface area contributed by atoms with Crippen LogP contribution in [0.4, 0.5) is 0 Å². The number of amidine groups is 2. The van der Waals surface area contributed by atoms with Crippen LogP contribution in [0.5, 0.6) is 0 Å². The Morgan fingerprint density at radius 2 is 1.21 bits per heavy atom. The van der Waals surface area contributed by atoms with Crippen molar-refractivity contribution in [2.45, 2.75) is 12.6 Å². The summed E-state index contributed by atoms with van der Waals surface area (Å²) < 4.78 is 11.9. The van der Waals surface area contributed by atoms with Crippen molar-refractivity contribution in [1.29, 1.82) is 0 Å². The quantitative estimate of drug-likeness (QED) is 0.192. The number of aromatic nitrogens is 1. The maximum Gasteiger partial charge on any atom is 0.159 e. The average molecular weight is 861 g/mol. The van der Waals surface area contributed by atoms with Crippen molar-refractivity contribution in [2.24, 2.45) is 9.98 Å². The largest absolute Gasteiger partial charge is 0.456 e. The van der Waals surface area contributed by atoms with Crippen LogP contribution in [0.1, 0.15) is 34.0 Å². The molecule has 3 aromatic heterocycles. The third kappa shape index (κ3) is 5.33. The van der Waals surface area contributed by atoms with Gasteiger partial charge >= 0.3 is 0 Å². The van der Waals surface area contributed by atoms with Crippen molar-refractivity contribution in [1.82, 2.24) is 9.88 Å². The lowest BCUT2D eigenvalue weighted by Crippen LogP contribution is -2.33. The molecule has 308 valence electrons. The Balaban J connectivity index is 0.980. The van der Waals surface area contributed by atoms with Crippen LogP contribution < -0.4 is 5.32 Å². The highest BCUT2D eigenvalue weighted by atomic mass is 32.1. The highest BCUT2D eigenvalue weighted by Crippen LogP contribution is 2.43. The van der Waals surface area contributed by atoms with E-state index in [0.717, 1.165) is 73.0 Å². The minimum atomic E-state index is -0.390. The molecule has 4 heterocycles. The molecule has 0 radical (unpaired) electrons. The SMILES string of the molecule is c1ccc2c(c1)Cc1cc(C3N=C(c4ccc5c(c4)sc4ccccc45)N=C(c4cc(-n5c6ccccc6c6cc7ccccc7cc65)c5c(c4)oc4cc6ccccc6cc45)N3)ccc1-2. The number of benzene rings is 10. The molecule has 10 aromatic carbocycles. The summed E-state index contributed by atoms with van der Waals surface area (Å²) in [6.45, 7) is 0. The highest BCUT2D eigenvalue weighted by molar-refractivity contribution is 7.25. The van der Waals surface area contributed by atoms with Crippen LogP contribution in [0.3, 0.4) is 0 Å². The molecule has 5 nitrogen and oxygen atoms in total. The van der Waals surface area contributed by atoms with Gasteiger partial charge in [-0.1, -0.05) is 140 Å². The highest BCUT2D eigenvalue weighted by Gasteiger charge is 2.27. The van der Waals surface area contributed by atoms with E-state index in [1.54, 1.807) is 0 Å². The van der Waals surface area contributed by atoms with Crippen LogP contribution in [-0.2, 0) is 6.42 Å². The fourth-order valence-corrected chi connectivity index (χ4v) is 12.0. The topological polar surface area (TPSA) is 54.8 Å². The Morgan fingerprint density at radius 3 is 2.09 bits per heavy atom. The number of thiophene rings is 1. The van der Waals surface area contributed by atoms with E-state index in [0.29, 0.717) is 5.84 Å². The average Bonchev–Trinajstić information content (AvgIpc) is 4.12. The Hall–Kier alpha value is -8.32. The van der Waals surface area contributed by atoms with Crippen LogP contribution in [0, 0.1) is 0 Å². The van der Waals surface area contributed by atoms with Crippen LogP contribution in [0.15, 0.2) is 209 Å². The van der Waals surface area contributed by atoms with Gasteiger partial charge in [0.25, 0.3) is 0 Å². The molecule has 13 aromatic rings. The van der Waals surface area contributed by atoms with E-state index >= 15 is 0 Å². The van der Waals surface area contributed by atoms with E-state index in [4.69, 9.17) is 14.4 Å². The summed E-state index contributed by atoms with van der Waals surface area (Å²) in [5.74, 6) is 1.43. The first-order valence-corrected chi connectivity index (χ1v) is 23.3. The Morgan fingerprint density at radius 1 is 0.500 bits per heavy atom. The normalized spacial score (nSPS) is 14.8. The molecule has 2 aliphatic rings. The zero-order chi connectivity index (χ0) is 43.0. The number of aliphatic imine (C=N–C) groups is 2. The van der Waals surface area contributed by atoms with Gasteiger partial charge in [-0.3, -0.25) is 0 Å². The van der Waals surface area contributed by atoms with Crippen molar-refractivity contribution < 1.29 is 4.42 Å². The first-order valence-electron chi connectivity index (χ1n) is 22.5. The summed E-state index contributed by atoms with van der Waals surface area (Å²) in [5, 5.41) is 15.7. The summed E-state index contributed by atoms with van der Waals surface area (Å²) in [6.07, 6.45) is 0.515. The summed E-state index contributed by atoms with van der Waals surface area (Å²) in [7, 11) is 0. The Kier molecular flexibility index (Phi) is 7.43. The maximum atomic E-state index is 6.98.